The maximum atomic E-state index is 13.3. The minimum atomic E-state index is -3.88. The third kappa shape index (κ3) is 4.82. The van der Waals surface area contributed by atoms with Crippen LogP contribution in [0.15, 0.2) is 47.4 Å². The minimum absolute atomic E-state index is 0.239. The van der Waals surface area contributed by atoms with E-state index in [1.165, 1.54) is 0 Å². The van der Waals surface area contributed by atoms with Gasteiger partial charge in [-0.25, -0.2) is 21.9 Å². The van der Waals surface area contributed by atoms with Crippen LogP contribution in [0.3, 0.4) is 0 Å². The molecule has 0 spiro atoms. The molecule has 0 aromatic heterocycles. The Morgan fingerprint density at radius 3 is 2.48 bits per heavy atom. The van der Waals surface area contributed by atoms with E-state index in [0.29, 0.717) is 18.9 Å². The Kier molecular flexibility index (Phi) is 6.08. The normalized spacial score (nSPS) is 16.4. The number of benzene rings is 2. The highest BCUT2D eigenvalue weighted by atomic mass is 32.2. The smallest absolute Gasteiger partial charge is 0.240 e. The van der Waals surface area contributed by atoms with Crippen LogP contribution in [-0.2, 0) is 16.6 Å². The molecule has 146 valence electrons. The van der Waals surface area contributed by atoms with Crippen LogP contribution >= 0.6 is 0 Å². The third-order valence-corrected chi connectivity index (χ3v) is 6.22. The monoisotopic (exact) mass is 396 g/mol. The second kappa shape index (κ2) is 8.33. The van der Waals surface area contributed by atoms with E-state index >= 15 is 0 Å². The summed E-state index contributed by atoms with van der Waals surface area (Å²) >= 11 is 0. The average Bonchev–Trinajstić information content (AvgIpc) is 2.65. The van der Waals surface area contributed by atoms with Gasteiger partial charge < -0.3 is 4.74 Å². The molecule has 0 saturated carbocycles. The molecule has 2 aromatic rings. The van der Waals surface area contributed by atoms with Crippen molar-refractivity contribution in [1.29, 1.82) is 0 Å². The number of para-hydroxylation sites is 1. The Morgan fingerprint density at radius 1 is 1.11 bits per heavy atom. The van der Waals surface area contributed by atoms with Gasteiger partial charge in [-0.15, -0.1) is 0 Å². The first-order valence-electron chi connectivity index (χ1n) is 8.70. The molecule has 1 aliphatic rings. The number of sulfonamides is 1. The van der Waals surface area contributed by atoms with Crippen LogP contribution in [0.25, 0.3) is 0 Å². The number of methoxy groups -OCH3 is 1. The van der Waals surface area contributed by atoms with Gasteiger partial charge in [0.2, 0.25) is 10.0 Å². The maximum absolute atomic E-state index is 13.3. The van der Waals surface area contributed by atoms with Crippen molar-refractivity contribution < 1.29 is 21.9 Å². The van der Waals surface area contributed by atoms with Crippen molar-refractivity contribution in [3.8, 4) is 5.75 Å². The zero-order valence-electron chi connectivity index (χ0n) is 15.0. The van der Waals surface area contributed by atoms with E-state index in [4.69, 9.17) is 4.74 Å². The molecule has 1 aliphatic heterocycles. The van der Waals surface area contributed by atoms with Gasteiger partial charge in [0.1, 0.15) is 5.75 Å². The molecule has 0 aliphatic carbocycles. The van der Waals surface area contributed by atoms with Crippen molar-refractivity contribution in [2.24, 2.45) is 0 Å². The van der Waals surface area contributed by atoms with Gasteiger partial charge in [0.25, 0.3) is 0 Å². The van der Waals surface area contributed by atoms with E-state index in [0.717, 1.165) is 43.1 Å². The summed E-state index contributed by atoms with van der Waals surface area (Å²) in [7, 11) is -2.24. The topological polar surface area (TPSA) is 58.6 Å². The lowest BCUT2D eigenvalue weighted by atomic mass is 10.1. The Hall–Kier alpha value is -2.03. The molecular weight excluding hydrogens is 374 g/mol. The number of hydrogen-bond donors (Lipinski definition) is 1. The predicted octanol–water partition coefficient (Wildman–Crippen LogP) is 2.92. The van der Waals surface area contributed by atoms with Crippen LogP contribution in [0, 0.1) is 11.6 Å². The fraction of sp³-hybridized carbons (Fsp3) is 0.368. The molecule has 1 N–H and O–H groups in total. The highest BCUT2D eigenvalue weighted by molar-refractivity contribution is 7.89. The average molecular weight is 396 g/mol. The van der Waals surface area contributed by atoms with E-state index in [1.807, 2.05) is 24.3 Å². The van der Waals surface area contributed by atoms with Gasteiger partial charge in [-0.2, -0.15) is 0 Å². The maximum Gasteiger partial charge on any atom is 0.240 e. The number of ether oxygens (including phenoxy) is 1. The van der Waals surface area contributed by atoms with Gasteiger partial charge in [-0.1, -0.05) is 18.2 Å². The fourth-order valence-electron chi connectivity index (χ4n) is 3.21. The molecule has 1 saturated heterocycles. The molecule has 0 unspecified atom stereocenters. The number of nitrogens with one attached hydrogen (secondary N) is 1. The molecule has 3 rings (SSSR count). The largest absolute Gasteiger partial charge is 0.496 e. The van der Waals surface area contributed by atoms with Crippen molar-refractivity contribution >= 4 is 10.0 Å². The van der Waals surface area contributed by atoms with Gasteiger partial charge in [0, 0.05) is 31.2 Å². The molecule has 1 heterocycles. The van der Waals surface area contributed by atoms with Crippen molar-refractivity contribution in [1.82, 2.24) is 9.62 Å². The van der Waals surface area contributed by atoms with Gasteiger partial charge in [-0.3, -0.25) is 4.90 Å². The first-order chi connectivity index (χ1) is 12.9. The lowest BCUT2D eigenvalue weighted by molar-refractivity contribution is 0.198. The molecular formula is C19H22F2N2O3S. The number of halogens is 2. The van der Waals surface area contributed by atoms with Gasteiger partial charge in [0.05, 0.1) is 12.0 Å². The van der Waals surface area contributed by atoms with Crippen LogP contribution in [0.5, 0.6) is 5.75 Å². The first kappa shape index (κ1) is 19.7. The molecule has 0 amide bonds. The molecule has 1 fully saturated rings. The van der Waals surface area contributed by atoms with E-state index in [-0.39, 0.29) is 10.9 Å². The Morgan fingerprint density at radius 2 is 1.81 bits per heavy atom. The van der Waals surface area contributed by atoms with Crippen LogP contribution in [0.1, 0.15) is 18.4 Å². The summed E-state index contributed by atoms with van der Waals surface area (Å²) in [5, 5.41) is 0. The van der Waals surface area contributed by atoms with Crippen molar-refractivity contribution in [3.05, 3.63) is 59.7 Å². The molecule has 2 aromatic carbocycles. The molecule has 8 heteroatoms. The van der Waals surface area contributed by atoms with E-state index in [9.17, 15) is 17.2 Å². The predicted molar refractivity (Wildman–Crippen MR) is 98.0 cm³/mol. The second-order valence-corrected chi connectivity index (χ2v) is 8.27. The number of likely N-dealkylation sites (tertiary alicyclic amines) is 1. The Balaban J connectivity index is 1.58. The SMILES string of the molecule is COc1ccccc1CN1CCC(NS(=O)(=O)c2ccc(F)c(F)c2)CC1. The standard InChI is InChI=1S/C19H22F2N2O3S/c1-26-19-5-3-2-4-14(19)13-23-10-8-15(9-11-23)22-27(24,25)16-6-7-17(20)18(21)12-16/h2-7,12,15,22H,8-11,13H2,1H3. The quantitative estimate of drug-likeness (QED) is 0.816. The number of nitrogens with zero attached hydrogens (tertiary/aromatic N) is 1. The van der Waals surface area contributed by atoms with Crippen LogP contribution < -0.4 is 9.46 Å². The zero-order valence-corrected chi connectivity index (χ0v) is 15.8. The van der Waals surface area contributed by atoms with Gasteiger partial charge in [-0.05, 0) is 37.1 Å². The summed E-state index contributed by atoms with van der Waals surface area (Å²) in [6.45, 7) is 2.18. The van der Waals surface area contributed by atoms with Gasteiger partial charge >= 0.3 is 0 Å². The van der Waals surface area contributed by atoms with Gasteiger partial charge in [0.15, 0.2) is 11.6 Å². The van der Waals surface area contributed by atoms with Crippen molar-refractivity contribution in [3.63, 3.8) is 0 Å². The summed E-state index contributed by atoms with van der Waals surface area (Å²) < 4.78 is 59.1. The summed E-state index contributed by atoms with van der Waals surface area (Å²) in [6, 6.07) is 10.2. The molecule has 0 radical (unpaired) electrons. The summed E-state index contributed by atoms with van der Waals surface area (Å²) in [5.74, 6) is -1.42. The minimum Gasteiger partial charge on any atom is -0.496 e. The number of rotatable bonds is 6. The van der Waals surface area contributed by atoms with Crippen molar-refractivity contribution in [2.75, 3.05) is 20.2 Å². The fourth-order valence-corrected chi connectivity index (χ4v) is 4.53. The first-order valence-corrected chi connectivity index (χ1v) is 10.2. The number of piperidine rings is 1. The van der Waals surface area contributed by atoms with Crippen LogP contribution in [0.2, 0.25) is 0 Å². The molecule has 0 atom stereocenters. The molecule has 5 nitrogen and oxygen atoms in total. The van der Waals surface area contributed by atoms with Crippen molar-refractivity contribution in [2.45, 2.75) is 30.3 Å². The summed E-state index contributed by atoms with van der Waals surface area (Å²) in [4.78, 5) is 1.97. The highest BCUT2D eigenvalue weighted by Gasteiger charge is 2.25. The second-order valence-electron chi connectivity index (χ2n) is 6.56. The molecule has 27 heavy (non-hydrogen) atoms. The highest BCUT2D eigenvalue weighted by Crippen LogP contribution is 2.22. The zero-order chi connectivity index (χ0) is 19.4. The Labute approximate surface area is 158 Å². The lowest BCUT2D eigenvalue weighted by Gasteiger charge is -2.32. The molecule has 0 bridgehead atoms. The van der Waals surface area contributed by atoms with E-state index < -0.39 is 21.7 Å². The Bertz CT molecular complexity index is 898. The third-order valence-electron chi connectivity index (χ3n) is 4.70. The lowest BCUT2D eigenvalue weighted by Crippen LogP contribution is -2.44. The van der Waals surface area contributed by atoms with Crippen LogP contribution in [0.4, 0.5) is 8.78 Å². The van der Waals surface area contributed by atoms with E-state index in [1.54, 1.807) is 7.11 Å². The summed E-state index contributed by atoms with van der Waals surface area (Å²) in [6.07, 6.45) is 1.27. The van der Waals surface area contributed by atoms with Crippen LogP contribution in [-0.4, -0.2) is 39.6 Å². The summed E-state index contributed by atoms with van der Waals surface area (Å²) in [5.41, 5.74) is 1.08. The van der Waals surface area contributed by atoms with E-state index in [2.05, 4.69) is 9.62 Å². The number of hydrogen-bond acceptors (Lipinski definition) is 4.